The average Bonchev–Trinajstić information content (AvgIpc) is 3.44. The molecule has 0 atom stereocenters. The molecule has 6 nitrogen and oxygen atoms in total. The van der Waals surface area contributed by atoms with Gasteiger partial charge < -0.3 is 15.4 Å². The minimum absolute atomic E-state index is 0.240. The summed E-state index contributed by atoms with van der Waals surface area (Å²) in [5.74, 6) is -1.26. The number of ether oxygens (including phenoxy) is 1. The lowest BCUT2D eigenvalue weighted by molar-refractivity contribution is -0.131. The fraction of sp³-hybridized carbons (Fsp3) is 0.286. The van der Waals surface area contributed by atoms with Gasteiger partial charge in [-0.05, 0) is 56.5 Å². The molecular weight excluding hydrogens is 344 g/mol. The third-order valence-corrected chi connectivity index (χ3v) is 4.57. The number of hydrogen-bond acceptors (Lipinski definition) is 4. The Labute approximate surface area is 157 Å². The minimum Gasteiger partial charge on any atom is -0.462 e. The number of esters is 1. The lowest BCUT2D eigenvalue weighted by Crippen LogP contribution is -2.36. The molecule has 1 fully saturated rings. The quantitative estimate of drug-likeness (QED) is 0.605. The van der Waals surface area contributed by atoms with Crippen LogP contribution in [-0.2, 0) is 14.3 Å². The van der Waals surface area contributed by atoms with Crippen molar-refractivity contribution in [2.24, 2.45) is 5.41 Å². The van der Waals surface area contributed by atoms with Crippen LogP contribution in [0.2, 0.25) is 0 Å². The largest absolute Gasteiger partial charge is 0.462 e. The molecule has 27 heavy (non-hydrogen) atoms. The molecule has 1 aliphatic rings. The van der Waals surface area contributed by atoms with Crippen LogP contribution in [0.1, 0.15) is 35.7 Å². The van der Waals surface area contributed by atoms with Crippen molar-refractivity contribution in [1.82, 2.24) is 0 Å². The Bertz CT molecular complexity index is 887. The summed E-state index contributed by atoms with van der Waals surface area (Å²) in [5.41, 5.74) is 1.18. The molecule has 2 amide bonds. The second kappa shape index (κ2) is 7.61. The highest BCUT2D eigenvalue weighted by Gasteiger charge is 2.56. The number of benzene rings is 2. The first-order valence-corrected chi connectivity index (χ1v) is 8.92. The molecule has 0 radical (unpaired) electrons. The number of aryl methyl sites for hydroxylation is 1. The molecule has 0 aliphatic heterocycles. The lowest BCUT2D eigenvalue weighted by atomic mass is 10.0. The summed E-state index contributed by atoms with van der Waals surface area (Å²) in [6.07, 6.45) is 0.941. The summed E-state index contributed by atoms with van der Waals surface area (Å²) in [6.45, 7) is 3.89. The summed E-state index contributed by atoms with van der Waals surface area (Å²) in [7, 11) is 0. The van der Waals surface area contributed by atoms with Crippen LogP contribution < -0.4 is 10.6 Å². The average molecular weight is 366 g/mol. The van der Waals surface area contributed by atoms with Crippen molar-refractivity contribution in [2.75, 3.05) is 17.2 Å². The van der Waals surface area contributed by atoms with E-state index in [0.29, 0.717) is 24.2 Å². The van der Waals surface area contributed by atoms with Crippen molar-refractivity contribution < 1.29 is 19.1 Å². The van der Waals surface area contributed by atoms with Gasteiger partial charge in [-0.15, -0.1) is 0 Å². The Kier molecular flexibility index (Phi) is 5.26. The third kappa shape index (κ3) is 4.00. The normalized spacial score (nSPS) is 14.1. The van der Waals surface area contributed by atoms with Gasteiger partial charge in [0.05, 0.1) is 17.9 Å². The molecule has 0 bridgehead atoms. The predicted octanol–water partition coefficient (Wildman–Crippen LogP) is 3.53. The second-order valence-electron chi connectivity index (χ2n) is 6.63. The van der Waals surface area contributed by atoms with Crippen LogP contribution in [0.25, 0.3) is 0 Å². The van der Waals surface area contributed by atoms with Crippen LogP contribution in [-0.4, -0.2) is 24.4 Å². The molecule has 1 aliphatic carbocycles. The number of nitrogens with one attached hydrogen (secondary N) is 2. The van der Waals surface area contributed by atoms with Gasteiger partial charge in [0.2, 0.25) is 11.8 Å². The van der Waals surface area contributed by atoms with Crippen molar-refractivity contribution in [3.05, 3.63) is 59.7 Å². The molecule has 3 rings (SSSR count). The van der Waals surface area contributed by atoms with E-state index in [0.717, 1.165) is 5.56 Å². The Balaban J connectivity index is 1.74. The van der Waals surface area contributed by atoms with Gasteiger partial charge in [0.1, 0.15) is 5.41 Å². The molecular formula is C21H22N2O4. The summed E-state index contributed by atoms with van der Waals surface area (Å²) >= 11 is 0. The molecule has 1 saturated carbocycles. The first-order chi connectivity index (χ1) is 13.0. The zero-order chi connectivity index (χ0) is 19.4. The van der Waals surface area contributed by atoms with E-state index in [2.05, 4.69) is 10.6 Å². The van der Waals surface area contributed by atoms with Crippen LogP contribution in [0.3, 0.4) is 0 Å². The van der Waals surface area contributed by atoms with Crippen LogP contribution in [0, 0.1) is 12.3 Å². The van der Waals surface area contributed by atoms with Gasteiger partial charge in [0, 0.05) is 5.69 Å². The number of anilines is 2. The maximum atomic E-state index is 12.8. The second-order valence-corrected chi connectivity index (χ2v) is 6.63. The summed E-state index contributed by atoms with van der Waals surface area (Å²) in [4.78, 5) is 37.6. The van der Waals surface area contributed by atoms with E-state index in [-0.39, 0.29) is 18.1 Å². The Morgan fingerprint density at radius 3 is 2.37 bits per heavy atom. The minimum atomic E-state index is -1.11. The van der Waals surface area contributed by atoms with Crippen molar-refractivity contribution in [3.8, 4) is 0 Å². The highest BCUT2D eigenvalue weighted by molar-refractivity contribution is 6.17. The first-order valence-electron chi connectivity index (χ1n) is 8.92. The van der Waals surface area contributed by atoms with Crippen molar-refractivity contribution >= 4 is 29.2 Å². The zero-order valence-electron chi connectivity index (χ0n) is 15.4. The molecule has 2 N–H and O–H groups in total. The molecule has 0 unspecified atom stereocenters. The predicted molar refractivity (Wildman–Crippen MR) is 103 cm³/mol. The molecule has 2 aromatic carbocycles. The SMILES string of the molecule is CCOC(=O)c1ccccc1NC(=O)C1(C(=O)Nc2cccc(C)c2)CC1. The molecule has 6 heteroatoms. The van der Waals surface area contributed by atoms with Crippen LogP contribution >= 0.6 is 0 Å². The van der Waals surface area contributed by atoms with Crippen LogP contribution in [0.15, 0.2) is 48.5 Å². The van der Waals surface area contributed by atoms with E-state index in [4.69, 9.17) is 4.74 Å². The van der Waals surface area contributed by atoms with Gasteiger partial charge in [-0.25, -0.2) is 4.79 Å². The monoisotopic (exact) mass is 366 g/mol. The van der Waals surface area contributed by atoms with E-state index in [1.807, 2.05) is 25.1 Å². The number of hydrogen-bond donors (Lipinski definition) is 2. The maximum absolute atomic E-state index is 12.8. The van der Waals surface area contributed by atoms with Crippen molar-refractivity contribution in [1.29, 1.82) is 0 Å². The van der Waals surface area contributed by atoms with Crippen LogP contribution in [0.5, 0.6) is 0 Å². The zero-order valence-corrected chi connectivity index (χ0v) is 15.4. The highest BCUT2D eigenvalue weighted by Crippen LogP contribution is 2.47. The fourth-order valence-corrected chi connectivity index (χ4v) is 2.88. The molecule has 0 saturated heterocycles. The van der Waals surface area contributed by atoms with Gasteiger partial charge in [-0.1, -0.05) is 24.3 Å². The smallest absolute Gasteiger partial charge is 0.340 e. The van der Waals surface area contributed by atoms with Gasteiger partial charge in [0.25, 0.3) is 0 Å². The molecule has 140 valence electrons. The first kappa shape index (κ1) is 18.6. The molecule has 0 spiro atoms. The van der Waals surface area contributed by atoms with Crippen LogP contribution in [0.4, 0.5) is 11.4 Å². The van der Waals surface area contributed by atoms with E-state index < -0.39 is 17.3 Å². The van der Waals surface area contributed by atoms with E-state index >= 15 is 0 Å². The topological polar surface area (TPSA) is 84.5 Å². The number of rotatable bonds is 6. The van der Waals surface area contributed by atoms with E-state index in [9.17, 15) is 14.4 Å². The number of carbonyl (C=O) groups is 3. The summed E-state index contributed by atoms with van der Waals surface area (Å²) < 4.78 is 5.02. The summed E-state index contributed by atoms with van der Waals surface area (Å²) in [6, 6.07) is 14.0. The molecule has 2 aromatic rings. The molecule has 0 heterocycles. The number of carbonyl (C=O) groups excluding carboxylic acids is 3. The standard InChI is InChI=1S/C21H22N2O4/c1-3-27-18(24)16-9-4-5-10-17(16)23-20(26)21(11-12-21)19(25)22-15-8-6-7-14(2)13-15/h4-10,13H,3,11-12H2,1-2H3,(H,22,25)(H,23,26). The summed E-state index contributed by atoms with van der Waals surface area (Å²) in [5, 5.41) is 5.55. The van der Waals surface area contributed by atoms with Crippen molar-refractivity contribution in [2.45, 2.75) is 26.7 Å². The van der Waals surface area contributed by atoms with Crippen molar-refractivity contribution in [3.63, 3.8) is 0 Å². The Hall–Kier alpha value is -3.15. The Morgan fingerprint density at radius 1 is 1.00 bits per heavy atom. The van der Waals surface area contributed by atoms with Gasteiger partial charge >= 0.3 is 5.97 Å². The Morgan fingerprint density at radius 2 is 1.70 bits per heavy atom. The van der Waals surface area contributed by atoms with Gasteiger partial charge in [-0.2, -0.15) is 0 Å². The highest BCUT2D eigenvalue weighted by atomic mass is 16.5. The number of para-hydroxylation sites is 1. The lowest BCUT2D eigenvalue weighted by Gasteiger charge is -2.17. The maximum Gasteiger partial charge on any atom is 0.340 e. The van der Waals surface area contributed by atoms with Gasteiger partial charge in [-0.3, -0.25) is 9.59 Å². The fourth-order valence-electron chi connectivity index (χ4n) is 2.88. The van der Waals surface area contributed by atoms with E-state index in [1.165, 1.54) is 0 Å². The third-order valence-electron chi connectivity index (χ3n) is 4.57. The van der Waals surface area contributed by atoms with Gasteiger partial charge in [0.15, 0.2) is 0 Å². The molecule has 0 aromatic heterocycles. The number of amides is 2. The van der Waals surface area contributed by atoms with E-state index in [1.54, 1.807) is 37.3 Å².